The third-order valence-electron chi connectivity index (χ3n) is 4.05. The van der Waals surface area contributed by atoms with E-state index in [4.69, 9.17) is 0 Å². The Bertz CT molecular complexity index is 824. The molecule has 1 aliphatic heterocycles. The van der Waals surface area contributed by atoms with Crippen molar-refractivity contribution in [1.29, 1.82) is 0 Å². The molecule has 0 aliphatic carbocycles. The summed E-state index contributed by atoms with van der Waals surface area (Å²) in [4.78, 5) is 10.7. The highest BCUT2D eigenvalue weighted by Gasteiger charge is 2.13. The SMILES string of the molecule is Cc1ccc(/C=C/S(=O)(=O)Nc2cnc(N3CCCCC3)nc2)cc1. The normalized spacial score (nSPS) is 15.5. The second-order valence-corrected chi connectivity index (χ2v) is 7.75. The number of aryl methyl sites for hydroxylation is 1. The van der Waals surface area contributed by atoms with Crippen LogP contribution in [0.2, 0.25) is 0 Å². The van der Waals surface area contributed by atoms with Crippen LogP contribution in [0.1, 0.15) is 30.4 Å². The largest absolute Gasteiger partial charge is 0.341 e. The number of hydrogen-bond donors (Lipinski definition) is 1. The van der Waals surface area contributed by atoms with Crippen molar-refractivity contribution in [3.63, 3.8) is 0 Å². The van der Waals surface area contributed by atoms with Crippen molar-refractivity contribution in [2.45, 2.75) is 26.2 Å². The fraction of sp³-hybridized carbons (Fsp3) is 0.333. The van der Waals surface area contributed by atoms with Crippen molar-refractivity contribution >= 4 is 27.7 Å². The molecule has 6 nitrogen and oxygen atoms in total. The molecule has 0 unspecified atom stereocenters. The van der Waals surface area contributed by atoms with Gasteiger partial charge in [-0.25, -0.2) is 18.4 Å². The Kier molecular flexibility index (Phi) is 5.33. The molecule has 0 saturated carbocycles. The van der Waals surface area contributed by atoms with Crippen molar-refractivity contribution in [2.24, 2.45) is 0 Å². The van der Waals surface area contributed by atoms with Gasteiger partial charge in [0.25, 0.3) is 10.0 Å². The lowest BCUT2D eigenvalue weighted by atomic mass is 10.1. The molecule has 1 N–H and O–H groups in total. The summed E-state index contributed by atoms with van der Waals surface area (Å²) < 4.78 is 26.8. The first-order valence-corrected chi connectivity index (χ1v) is 9.91. The lowest BCUT2D eigenvalue weighted by Gasteiger charge is -2.26. The molecule has 132 valence electrons. The van der Waals surface area contributed by atoms with Gasteiger partial charge >= 0.3 is 0 Å². The Morgan fingerprint density at radius 3 is 2.32 bits per heavy atom. The maximum atomic E-state index is 12.2. The number of benzene rings is 1. The van der Waals surface area contributed by atoms with E-state index in [9.17, 15) is 8.42 Å². The van der Waals surface area contributed by atoms with E-state index in [2.05, 4.69) is 19.6 Å². The molecular weight excluding hydrogens is 336 g/mol. The predicted octanol–water partition coefficient (Wildman–Crippen LogP) is 3.19. The lowest BCUT2D eigenvalue weighted by Crippen LogP contribution is -2.30. The molecule has 0 atom stereocenters. The summed E-state index contributed by atoms with van der Waals surface area (Å²) >= 11 is 0. The van der Waals surface area contributed by atoms with E-state index in [1.54, 1.807) is 6.08 Å². The zero-order chi connectivity index (χ0) is 17.7. The molecule has 0 radical (unpaired) electrons. The monoisotopic (exact) mass is 358 g/mol. The molecule has 7 heteroatoms. The number of piperidine rings is 1. The van der Waals surface area contributed by atoms with E-state index in [-0.39, 0.29) is 0 Å². The smallest absolute Gasteiger partial charge is 0.255 e. The molecule has 0 spiro atoms. The highest BCUT2D eigenvalue weighted by atomic mass is 32.2. The molecular formula is C18H22N4O2S. The average molecular weight is 358 g/mol. The first-order valence-electron chi connectivity index (χ1n) is 8.36. The van der Waals surface area contributed by atoms with E-state index in [0.29, 0.717) is 11.6 Å². The van der Waals surface area contributed by atoms with Crippen LogP contribution >= 0.6 is 0 Å². The van der Waals surface area contributed by atoms with Crippen molar-refractivity contribution in [1.82, 2.24) is 9.97 Å². The fourth-order valence-electron chi connectivity index (χ4n) is 2.68. The summed E-state index contributed by atoms with van der Waals surface area (Å²) in [5.74, 6) is 0.651. The number of rotatable bonds is 5. The molecule has 1 aromatic heterocycles. The van der Waals surface area contributed by atoms with E-state index < -0.39 is 10.0 Å². The lowest BCUT2D eigenvalue weighted by molar-refractivity contribution is 0.568. The Morgan fingerprint density at radius 1 is 1.04 bits per heavy atom. The summed E-state index contributed by atoms with van der Waals surface area (Å²) in [5, 5.41) is 1.15. The minimum atomic E-state index is -3.60. The van der Waals surface area contributed by atoms with Gasteiger partial charge in [-0.05, 0) is 37.8 Å². The number of nitrogens with zero attached hydrogens (tertiary/aromatic N) is 3. The number of aromatic nitrogens is 2. The van der Waals surface area contributed by atoms with Crippen LogP contribution in [-0.4, -0.2) is 31.5 Å². The Labute approximate surface area is 148 Å². The molecule has 1 saturated heterocycles. The van der Waals surface area contributed by atoms with Crippen LogP contribution in [0.15, 0.2) is 42.1 Å². The summed E-state index contributed by atoms with van der Waals surface area (Å²) in [6, 6.07) is 7.62. The highest BCUT2D eigenvalue weighted by molar-refractivity contribution is 7.95. The molecule has 1 aromatic carbocycles. The first kappa shape index (κ1) is 17.4. The third kappa shape index (κ3) is 5.03. The molecule has 1 aliphatic rings. The minimum absolute atomic E-state index is 0.356. The molecule has 2 heterocycles. The van der Waals surface area contributed by atoms with Crippen LogP contribution in [0, 0.1) is 6.92 Å². The maximum absolute atomic E-state index is 12.2. The third-order valence-corrected chi connectivity index (χ3v) is 5.07. The number of nitrogens with one attached hydrogen (secondary N) is 1. The van der Waals surface area contributed by atoms with Crippen molar-refractivity contribution in [3.05, 3.63) is 53.2 Å². The number of anilines is 2. The van der Waals surface area contributed by atoms with Gasteiger partial charge in [0.15, 0.2) is 0 Å². The molecule has 2 aromatic rings. The summed E-state index contributed by atoms with van der Waals surface area (Å²) in [5.41, 5.74) is 2.31. The van der Waals surface area contributed by atoms with Crippen LogP contribution in [0.25, 0.3) is 6.08 Å². The quantitative estimate of drug-likeness (QED) is 0.888. The highest BCUT2D eigenvalue weighted by Crippen LogP contribution is 2.17. The van der Waals surface area contributed by atoms with E-state index in [1.165, 1.54) is 18.8 Å². The van der Waals surface area contributed by atoms with Crippen molar-refractivity contribution < 1.29 is 8.42 Å². The van der Waals surface area contributed by atoms with Crippen LogP contribution in [0.5, 0.6) is 0 Å². The number of sulfonamides is 1. The second kappa shape index (κ2) is 7.65. The molecule has 25 heavy (non-hydrogen) atoms. The van der Waals surface area contributed by atoms with Crippen LogP contribution in [0.3, 0.4) is 0 Å². The van der Waals surface area contributed by atoms with E-state index >= 15 is 0 Å². The van der Waals surface area contributed by atoms with E-state index in [0.717, 1.165) is 42.5 Å². The summed E-state index contributed by atoms with van der Waals surface area (Å²) in [6.45, 7) is 3.88. The van der Waals surface area contributed by atoms with E-state index in [1.807, 2.05) is 31.2 Å². The molecule has 3 rings (SSSR count). The van der Waals surface area contributed by atoms with Crippen LogP contribution < -0.4 is 9.62 Å². The van der Waals surface area contributed by atoms with Gasteiger partial charge in [0.2, 0.25) is 5.95 Å². The second-order valence-electron chi connectivity index (χ2n) is 6.18. The molecule has 1 fully saturated rings. The zero-order valence-corrected chi connectivity index (χ0v) is 15.0. The Hall–Kier alpha value is -2.41. The van der Waals surface area contributed by atoms with Gasteiger partial charge in [-0.15, -0.1) is 0 Å². The van der Waals surface area contributed by atoms with Crippen molar-refractivity contribution in [2.75, 3.05) is 22.7 Å². The van der Waals surface area contributed by atoms with Gasteiger partial charge < -0.3 is 4.90 Å². The maximum Gasteiger partial charge on any atom is 0.255 e. The van der Waals surface area contributed by atoms with Gasteiger partial charge in [0.05, 0.1) is 23.5 Å². The standard InChI is InChI=1S/C18H22N4O2S/c1-15-5-7-16(8-6-15)9-12-25(23,24)21-17-13-19-18(20-14-17)22-10-3-2-4-11-22/h5-9,12-14,21H,2-4,10-11H2,1H3/b12-9+. The number of hydrogen-bond acceptors (Lipinski definition) is 5. The summed E-state index contributed by atoms with van der Waals surface area (Å²) in [7, 11) is -3.60. The molecule has 0 bridgehead atoms. The van der Waals surface area contributed by atoms with Gasteiger partial charge in [0, 0.05) is 13.1 Å². The van der Waals surface area contributed by atoms with Crippen LogP contribution in [-0.2, 0) is 10.0 Å². The van der Waals surface area contributed by atoms with Crippen LogP contribution in [0.4, 0.5) is 11.6 Å². The topological polar surface area (TPSA) is 75.2 Å². The zero-order valence-electron chi connectivity index (χ0n) is 14.2. The van der Waals surface area contributed by atoms with Gasteiger partial charge in [-0.1, -0.05) is 29.8 Å². The molecule has 0 amide bonds. The van der Waals surface area contributed by atoms with Gasteiger partial charge in [-0.2, -0.15) is 0 Å². The minimum Gasteiger partial charge on any atom is -0.341 e. The predicted molar refractivity (Wildman–Crippen MR) is 101 cm³/mol. The first-order chi connectivity index (χ1) is 12.0. The summed E-state index contributed by atoms with van der Waals surface area (Å²) in [6.07, 6.45) is 8.10. The average Bonchev–Trinajstić information content (AvgIpc) is 2.62. The Balaban J connectivity index is 1.64. The van der Waals surface area contributed by atoms with Gasteiger partial charge in [0.1, 0.15) is 0 Å². The Morgan fingerprint density at radius 2 is 1.68 bits per heavy atom. The van der Waals surface area contributed by atoms with Crippen molar-refractivity contribution in [3.8, 4) is 0 Å². The fourth-order valence-corrected chi connectivity index (χ4v) is 3.51. The van der Waals surface area contributed by atoms with Gasteiger partial charge in [-0.3, -0.25) is 4.72 Å².